The van der Waals surface area contributed by atoms with Crippen LogP contribution in [0.4, 0.5) is 4.39 Å². The first-order valence-corrected chi connectivity index (χ1v) is 9.08. The van der Waals surface area contributed by atoms with Gasteiger partial charge in [-0.05, 0) is 48.6 Å². The average Bonchev–Trinajstić information content (AvgIpc) is 2.73. The molecule has 3 rings (SSSR count). The third kappa shape index (κ3) is 5.05. The number of rotatable bonds is 7. The molecule has 6 heteroatoms. The summed E-state index contributed by atoms with van der Waals surface area (Å²) in [4.78, 5) is 12.2. The molecule has 2 N–H and O–H groups in total. The average molecular weight is 373 g/mol. The van der Waals surface area contributed by atoms with Crippen molar-refractivity contribution >= 4 is 5.91 Å². The number of halogens is 1. The van der Waals surface area contributed by atoms with Crippen LogP contribution in [0, 0.1) is 11.7 Å². The number of carbonyl (C=O) groups is 1. The number of hydrogen-bond donors (Lipinski definition) is 2. The van der Waals surface area contributed by atoms with Crippen molar-refractivity contribution in [3.8, 4) is 5.75 Å². The summed E-state index contributed by atoms with van der Waals surface area (Å²) in [6.45, 7) is 1.08. The Morgan fingerprint density at radius 3 is 2.48 bits per heavy atom. The molecule has 0 aliphatic carbocycles. The fraction of sp³-hybridized carbons (Fsp3) is 0.381. The molecule has 5 nitrogen and oxygen atoms in total. The highest BCUT2D eigenvalue weighted by Gasteiger charge is 2.39. The molecule has 1 aliphatic heterocycles. The van der Waals surface area contributed by atoms with Crippen LogP contribution >= 0.6 is 0 Å². The van der Waals surface area contributed by atoms with Gasteiger partial charge in [-0.1, -0.05) is 30.3 Å². The van der Waals surface area contributed by atoms with E-state index in [0.717, 1.165) is 18.4 Å². The van der Waals surface area contributed by atoms with Gasteiger partial charge in [-0.2, -0.15) is 0 Å². The number of benzene rings is 2. The van der Waals surface area contributed by atoms with E-state index >= 15 is 0 Å². The molecule has 0 bridgehead atoms. The predicted octanol–water partition coefficient (Wildman–Crippen LogP) is 2.64. The normalized spacial score (nSPS) is 17.1. The van der Waals surface area contributed by atoms with Gasteiger partial charge in [0.25, 0.3) is 5.91 Å². The zero-order chi connectivity index (χ0) is 19.1. The molecule has 0 aromatic heterocycles. The number of carbonyl (C=O) groups excluding carboxylic acids is 1. The Labute approximate surface area is 158 Å². The van der Waals surface area contributed by atoms with Gasteiger partial charge >= 0.3 is 0 Å². The first kappa shape index (κ1) is 19.3. The second-order valence-corrected chi connectivity index (χ2v) is 6.70. The lowest BCUT2D eigenvalue weighted by Gasteiger charge is -2.39. The van der Waals surface area contributed by atoms with E-state index in [9.17, 15) is 14.3 Å². The highest BCUT2D eigenvalue weighted by molar-refractivity contribution is 5.77. The second-order valence-electron chi connectivity index (χ2n) is 6.70. The van der Waals surface area contributed by atoms with E-state index in [1.54, 1.807) is 0 Å². The lowest BCUT2D eigenvalue weighted by Crippen LogP contribution is -2.48. The van der Waals surface area contributed by atoms with Crippen molar-refractivity contribution < 1.29 is 23.8 Å². The summed E-state index contributed by atoms with van der Waals surface area (Å²) in [5.41, 5.74) is -0.395. The molecule has 27 heavy (non-hydrogen) atoms. The molecule has 2 aromatic carbocycles. The van der Waals surface area contributed by atoms with E-state index in [-0.39, 0.29) is 30.8 Å². The van der Waals surface area contributed by atoms with Crippen LogP contribution in [0.25, 0.3) is 0 Å². The van der Waals surface area contributed by atoms with Gasteiger partial charge in [-0.15, -0.1) is 0 Å². The Bertz CT molecular complexity index is 732. The summed E-state index contributed by atoms with van der Waals surface area (Å²) in [5, 5.41) is 14.2. The van der Waals surface area contributed by atoms with Crippen molar-refractivity contribution in [2.75, 3.05) is 26.4 Å². The lowest BCUT2D eigenvalue weighted by molar-refractivity contribution is -0.126. The largest absolute Gasteiger partial charge is 0.484 e. The Balaban J connectivity index is 1.62. The third-order valence-corrected chi connectivity index (χ3v) is 4.91. The summed E-state index contributed by atoms with van der Waals surface area (Å²) in [6.07, 6.45) is 1.46. The molecule has 0 radical (unpaired) electrons. The van der Waals surface area contributed by atoms with Crippen LogP contribution in [-0.4, -0.2) is 37.4 Å². The fourth-order valence-corrected chi connectivity index (χ4v) is 3.35. The number of nitrogens with one attached hydrogen (secondary N) is 1. The van der Waals surface area contributed by atoms with Crippen LogP contribution in [0.3, 0.4) is 0 Å². The quantitative estimate of drug-likeness (QED) is 0.783. The highest BCUT2D eigenvalue weighted by atomic mass is 19.1. The van der Waals surface area contributed by atoms with E-state index in [1.807, 2.05) is 30.3 Å². The first-order chi connectivity index (χ1) is 13.1. The highest BCUT2D eigenvalue weighted by Crippen LogP contribution is 2.35. The minimum atomic E-state index is -1.17. The summed E-state index contributed by atoms with van der Waals surface area (Å²) in [5.74, 6) is -0.307. The molecule has 0 spiro atoms. The van der Waals surface area contributed by atoms with Crippen molar-refractivity contribution in [2.24, 2.45) is 5.92 Å². The fourth-order valence-electron chi connectivity index (χ4n) is 3.35. The summed E-state index contributed by atoms with van der Waals surface area (Å²) in [6, 6.07) is 14.9. The van der Waals surface area contributed by atoms with Crippen molar-refractivity contribution in [1.29, 1.82) is 0 Å². The smallest absolute Gasteiger partial charge is 0.258 e. The molecular weight excluding hydrogens is 349 g/mol. The molecule has 1 amide bonds. The summed E-state index contributed by atoms with van der Waals surface area (Å²) >= 11 is 0. The maximum atomic E-state index is 12.9. The van der Waals surface area contributed by atoms with E-state index in [4.69, 9.17) is 9.47 Å². The minimum absolute atomic E-state index is 0.00744. The van der Waals surface area contributed by atoms with E-state index in [1.165, 1.54) is 24.3 Å². The van der Waals surface area contributed by atoms with Crippen molar-refractivity contribution in [2.45, 2.75) is 18.4 Å². The Morgan fingerprint density at radius 1 is 1.15 bits per heavy atom. The van der Waals surface area contributed by atoms with Crippen LogP contribution in [0.15, 0.2) is 54.6 Å². The van der Waals surface area contributed by atoms with Gasteiger partial charge in [0.2, 0.25) is 0 Å². The molecule has 2 aromatic rings. The standard InChI is InChI=1S/C21H24FNO4/c22-18-6-8-19(9-7-18)27-14-20(24)23-15-21(25,16-4-2-1-3-5-16)17-10-12-26-13-11-17/h1-9,17,25H,10-15H2,(H,23,24)/t21-/m1/s1. The second kappa shape index (κ2) is 8.97. The van der Waals surface area contributed by atoms with E-state index in [2.05, 4.69) is 5.32 Å². The van der Waals surface area contributed by atoms with E-state index < -0.39 is 5.60 Å². The molecule has 1 saturated heterocycles. The van der Waals surface area contributed by atoms with Crippen LogP contribution in [0.2, 0.25) is 0 Å². The maximum Gasteiger partial charge on any atom is 0.258 e. The zero-order valence-electron chi connectivity index (χ0n) is 15.1. The number of hydrogen-bond acceptors (Lipinski definition) is 4. The minimum Gasteiger partial charge on any atom is -0.484 e. The molecule has 144 valence electrons. The van der Waals surface area contributed by atoms with Gasteiger partial charge in [-0.3, -0.25) is 4.79 Å². The van der Waals surface area contributed by atoms with Crippen LogP contribution < -0.4 is 10.1 Å². The number of amides is 1. The third-order valence-electron chi connectivity index (χ3n) is 4.91. The van der Waals surface area contributed by atoms with Crippen molar-refractivity contribution in [3.63, 3.8) is 0 Å². The van der Waals surface area contributed by atoms with Gasteiger partial charge in [0, 0.05) is 13.2 Å². The predicted molar refractivity (Wildman–Crippen MR) is 98.8 cm³/mol. The molecule has 0 saturated carbocycles. The van der Waals surface area contributed by atoms with Gasteiger partial charge in [0.05, 0.1) is 6.54 Å². The zero-order valence-corrected chi connectivity index (χ0v) is 15.1. The van der Waals surface area contributed by atoms with Crippen LogP contribution in [-0.2, 0) is 15.1 Å². The topological polar surface area (TPSA) is 67.8 Å². The van der Waals surface area contributed by atoms with Gasteiger partial charge in [0.1, 0.15) is 17.2 Å². The lowest BCUT2D eigenvalue weighted by atomic mass is 9.77. The van der Waals surface area contributed by atoms with Gasteiger partial charge < -0.3 is 19.9 Å². The van der Waals surface area contributed by atoms with Crippen LogP contribution in [0.1, 0.15) is 18.4 Å². The number of aliphatic hydroxyl groups is 1. The number of ether oxygens (including phenoxy) is 2. The molecule has 1 fully saturated rings. The Kier molecular flexibility index (Phi) is 6.42. The SMILES string of the molecule is O=C(COc1ccc(F)cc1)NC[C@@](O)(c1ccccc1)C1CCOCC1. The molecule has 1 heterocycles. The van der Waals surface area contributed by atoms with Gasteiger partial charge in [-0.25, -0.2) is 4.39 Å². The van der Waals surface area contributed by atoms with Crippen molar-refractivity contribution in [3.05, 3.63) is 66.0 Å². The molecular formula is C21H24FNO4. The van der Waals surface area contributed by atoms with E-state index in [0.29, 0.717) is 19.0 Å². The Hall–Kier alpha value is -2.44. The molecule has 0 unspecified atom stereocenters. The van der Waals surface area contributed by atoms with Crippen LogP contribution in [0.5, 0.6) is 5.75 Å². The molecule has 1 atom stereocenters. The summed E-state index contributed by atoms with van der Waals surface area (Å²) in [7, 11) is 0. The van der Waals surface area contributed by atoms with Crippen molar-refractivity contribution in [1.82, 2.24) is 5.32 Å². The monoisotopic (exact) mass is 373 g/mol. The summed E-state index contributed by atoms with van der Waals surface area (Å²) < 4.78 is 23.7. The first-order valence-electron chi connectivity index (χ1n) is 9.08. The Morgan fingerprint density at radius 2 is 1.81 bits per heavy atom. The molecule has 1 aliphatic rings. The maximum absolute atomic E-state index is 12.9. The van der Waals surface area contributed by atoms with Gasteiger partial charge in [0.15, 0.2) is 6.61 Å².